The summed E-state index contributed by atoms with van der Waals surface area (Å²) in [6, 6.07) is 13.0. The number of hydrazone groups is 1. The van der Waals surface area contributed by atoms with Gasteiger partial charge in [-0.05, 0) is 48.7 Å². The maximum Gasteiger partial charge on any atom is 0.243 e. The van der Waals surface area contributed by atoms with E-state index in [4.69, 9.17) is 4.74 Å². The topological polar surface area (TPSA) is 108 Å². The van der Waals surface area contributed by atoms with Crippen molar-refractivity contribution in [1.82, 2.24) is 9.73 Å². The normalized spacial score (nSPS) is 16.0. The maximum atomic E-state index is 12.6. The minimum atomic E-state index is -3.53. The summed E-state index contributed by atoms with van der Waals surface area (Å²) in [5, 5.41) is 13.5. The number of sulfonamides is 1. The first kappa shape index (κ1) is 20.8. The molecule has 29 heavy (non-hydrogen) atoms. The molecule has 2 aromatic rings. The van der Waals surface area contributed by atoms with Gasteiger partial charge in [-0.1, -0.05) is 18.2 Å². The van der Waals surface area contributed by atoms with Crippen molar-refractivity contribution in [3.8, 4) is 11.5 Å². The van der Waals surface area contributed by atoms with Crippen molar-refractivity contribution < 1.29 is 23.1 Å². The summed E-state index contributed by atoms with van der Waals surface area (Å²) in [7, 11) is -2.09. The number of carbonyl (C=O) groups excluding carboxylic acids is 1. The van der Waals surface area contributed by atoms with Crippen LogP contribution in [0.15, 0.2) is 58.5 Å². The third kappa shape index (κ3) is 4.93. The van der Waals surface area contributed by atoms with E-state index >= 15 is 0 Å². The van der Waals surface area contributed by atoms with Crippen molar-refractivity contribution in [3.05, 3.63) is 54.1 Å². The Morgan fingerprint density at radius 3 is 2.55 bits per heavy atom. The van der Waals surface area contributed by atoms with Gasteiger partial charge in [0.05, 0.1) is 18.2 Å². The van der Waals surface area contributed by atoms with Crippen molar-refractivity contribution in [2.45, 2.75) is 17.7 Å². The summed E-state index contributed by atoms with van der Waals surface area (Å²) in [6.07, 6.45) is 2.32. The summed E-state index contributed by atoms with van der Waals surface area (Å²) >= 11 is 0. The second-order valence-electron chi connectivity index (χ2n) is 6.66. The summed E-state index contributed by atoms with van der Waals surface area (Å²) in [5.74, 6) is -0.217. The summed E-state index contributed by atoms with van der Waals surface area (Å²) in [5.41, 5.74) is 3.15. The van der Waals surface area contributed by atoms with Gasteiger partial charge in [-0.15, -0.1) is 0 Å². The predicted molar refractivity (Wildman–Crippen MR) is 108 cm³/mol. The molecule has 1 aliphatic rings. The number of benzene rings is 2. The highest BCUT2D eigenvalue weighted by molar-refractivity contribution is 7.89. The van der Waals surface area contributed by atoms with Crippen LogP contribution in [0, 0.1) is 5.92 Å². The van der Waals surface area contributed by atoms with Crippen molar-refractivity contribution >= 4 is 22.1 Å². The van der Waals surface area contributed by atoms with Gasteiger partial charge < -0.3 is 9.84 Å². The lowest BCUT2D eigenvalue weighted by molar-refractivity contribution is -0.126. The highest BCUT2D eigenvalue weighted by Gasteiger charge is 2.31. The van der Waals surface area contributed by atoms with Crippen molar-refractivity contribution in [3.63, 3.8) is 0 Å². The molecule has 154 valence electrons. The van der Waals surface area contributed by atoms with E-state index in [9.17, 15) is 18.3 Å². The van der Waals surface area contributed by atoms with Crippen LogP contribution < -0.4 is 10.2 Å². The Bertz CT molecular complexity index is 984. The molecule has 0 unspecified atom stereocenters. The first-order valence-corrected chi connectivity index (χ1v) is 10.6. The molecule has 8 nitrogen and oxygen atoms in total. The molecule has 9 heteroatoms. The molecule has 1 aliphatic heterocycles. The van der Waals surface area contributed by atoms with E-state index in [2.05, 4.69) is 10.5 Å². The number of ether oxygens (including phenoxy) is 1. The van der Waals surface area contributed by atoms with Crippen LogP contribution in [0.2, 0.25) is 0 Å². The number of aromatic hydroxyl groups is 1. The third-order valence-electron chi connectivity index (χ3n) is 4.80. The van der Waals surface area contributed by atoms with Crippen LogP contribution in [0.25, 0.3) is 0 Å². The molecule has 0 bridgehead atoms. The van der Waals surface area contributed by atoms with E-state index in [0.717, 1.165) is 0 Å². The molecule has 0 atom stereocenters. The van der Waals surface area contributed by atoms with Crippen LogP contribution in [0.3, 0.4) is 0 Å². The molecule has 1 amide bonds. The Labute approximate surface area is 169 Å². The lowest BCUT2D eigenvalue weighted by Gasteiger charge is -2.30. The van der Waals surface area contributed by atoms with E-state index in [-0.39, 0.29) is 35.6 Å². The Balaban J connectivity index is 1.54. The van der Waals surface area contributed by atoms with Gasteiger partial charge in [0.2, 0.25) is 15.9 Å². The van der Waals surface area contributed by atoms with E-state index in [1.165, 1.54) is 23.7 Å². The van der Waals surface area contributed by atoms with Gasteiger partial charge >= 0.3 is 0 Å². The number of rotatable bonds is 6. The molecule has 1 heterocycles. The zero-order chi connectivity index (χ0) is 20.9. The molecule has 0 aromatic heterocycles. The van der Waals surface area contributed by atoms with Crippen LogP contribution in [0.1, 0.15) is 18.4 Å². The minimum absolute atomic E-state index is 0.0194. The minimum Gasteiger partial charge on any atom is -0.504 e. The number of nitrogens with zero attached hydrogens (tertiary/aromatic N) is 2. The van der Waals surface area contributed by atoms with Crippen LogP contribution in [-0.4, -0.2) is 50.2 Å². The largest absolute Gasteiger partial charge is 0.504 e. The summed E-state index contributed by atoms with van der Waals surface area (Å²) < 4.78 is 31.7. The van der Waals surface area contributed by atoms with E-state index in [1.54, 1.807) is 42.5 Å². The first-order valence-electron chi connectivity index (χ1n) is 9.17. The van der Waals surface area contributed by atoms with Gasteiger partial charge in [-0.3, -0.25) is 4.79 Å². The number of amides is 1. The number of piperidine rings is 1. The quantitative estimate of drug-likeness (QED) is 0.552. The van der Waals surface area contributed by atoms with E-state index in [1.807, 2.05) is 0 Å². The number of phenolic OH excluding ortho intramolecular Hbond substituents is 1. The molecule has 2 aromatic carbocycles. The SMILES string of the molecule is COc1cc(/C=N\NC(=O)C2CCN(S(=O)(=O)c3ccccc3)CC2)ccc1O. The van der Waals surface area contributed by atoms with Crippen LogP contribution in [0.4, 0.5) is 0 Å². The fraction of sp³-hybridized carbons (Fsp3) is 0.300. The van der Waals surface area contributed by atoms with Crippen LogP contribution in [0.5, 0.6) is 11.5 Å². The third-order valence-corrected chi connectivity index (χ3v) is 6.71. The van der Waals surface area contributed by atoms with Gasteiger partial charge in [-0.25, -0.2) is 13.8 Å². The van der Waals surface area contributed by atoms with Crippen LogP contribution >= 0.6 is 0 Å². The second kappa shape index (κ2) is 9.06. The van der Waals surface area contributed by atoms with E-state index in [0.29, 0.717) is 24.2 Å². The standard InChI is InChI=1S/C20H23N3O5S/c1-28-19-13-15(7-8-18(19)24)14-21-22-20(25)16-9-11-23(12-10-16)29(26,27)17-5-3-2-4-6-17/h2-8,13-14,16,24H,9-12H2,1H3,(H,22,25)/b21-14-. The molecular weight excluding hydrogens is 394 g/mol. The number of phenols is 1. The molecular formula is C20H23N3O5S. The first-order chi connectivity index (χ1) is 13.9. The maximum absolute atomic E-state index is 12.6. The average Bonchev–Trinajstić information content (AvgIpc) is 2.75. The summed E-state index contributed by atoms with van der Waals surface area (Å²) in [4.78, 5) is 12.6. The van der Waals surface area contributed by atoms with Gasteiger partial charge in [0.25, 0.3) is 0 Å². The Hall–Kier alpha value is -2.91. The zero-order valence-corrected chi connectivity index (χ0v) is 16.8. The number of methoxy groups -OCH3 is 1. The number of nitrogens with one attached hydrogen (secondary N) is 1. The second-order valence-corrected chi connectivity index (χ2v) is 8.59. The fourth-order valence-corrected chi connectivity index (χ4v) is 4.63. The van der Waals surface area contributed by atoms with Gasteiger partial charge in [0.1, 0.15) is 0 Å². The highest BCUT2D eigenvalue weighted by Crippen LogP contribution is 2.26. The lowest BCUT2D eigenvalue weighted by Crippen LogP contribution is -2.42. The molecule has 0 radical (unpaired) electrons. The van der Waals surface area contributed by atoms with Crippen molar-refractivity contribution in [1.29, 1.82) is 0 Å². The number of hydrogen-bond acceptors (Lipinski definition) is 6. The van der Waals surface area contributed by atoms with Gasteiger partial charge in [-0.2, -0.15) is 9.41 Å². The fourth-order valence-electron chi connectivity index (χ4n) is 3.14. The molecule has 0 spiro atoms. The van der Waals surface area contributed by atoms with Crippen molar-refractivity contribution in [2.24, 2.45) is 11.0 Å². The Kier molecular flexibility index (Phi) is 6.50. The summed E-state index contributed by atoms with van der Waals surface area (Å²) in [6.45, 7) is 0.572. The van der Waals surface area contributed by atoms with Crippen LogP contribution in [-0.2, 0) is 14.8 Å². The van der Waals surface area contributed by atoms with Gasteiger partial charge in [0, 0.05) is 19.0 Å². The highest BCUT2D eigenvalue weighted by atomic mass is 32.2. The van der Waals surface area contributed by atoms with Crippen molar-refractivity contribution in [2.75, 3.05) is 20.2 Å². The molecule has 2 N–H and O–H groups in total. The molecule has 0 saturated carbocycles. The smallest absolute Gasteiger partial charge is 0.243 e. The number of hydrogen-bond donors (Lipinski definition) is 2. The van der Waals surface area contributed by atoms with E-state index < -0.39 is 10.0 Å². The molecule has 1 fully saturated rings. The molecule has 3 rings (SSSR count). The molecule has 0 aliphatic carbocycles. The average molecular weight is 417 g/mol. The monoisotopic (exact) mass is 417 g/mol. The Morgan fingerprint density at radius 2 is 1.90 bits per heavy atom. The Morgan fingerprint density at radius 1 is 1.21 bits per heavy atom. The molecule has 1 saturated heterocycles. The van der Waals surface area contributed by atoms with Gasteiger partial charge in [0.15, 0.2) is 11.5 Å². The zero-order valence-electron chi connectivity index (χ0n) is 16.0. The predicted octanol–water partition coefficient (Wildman–Crippen LogP) is 1.95. The lowest BCUT2D eigenvalue weighted by atomic mass is 9.98. The number of carbonyl (C=O) groups is 1.